The molecule has 1 atom stereocenters. The van der Waals surface area contributed by atoms with E-state index in [0.29, 0.717) is 19.3 Å². The van der Waals surface area contributed by atoms with Crippen LogP contribution in [0.1, 0.15) is 387 Å². The fraction of sp³-hybridized carbons (Fsp3) is 0.829. The van der Waals surface area contributed by atoms with Gasteiger partial charge in [0.15, 0.2) is 6.10 Å². The first kappa shape index (κ1) is 79.1. The predicted molar refractivity (Wildman–Crippen MR) is 358 cm³/mol. The van der Waals surface area contributed by atoms with E-state index in [4.69, 9.17) is 14.2 Å². The van der Waals surface area contributed by atoms with E-state index in [1.165, 1.54) is 263 Å². The van der Waals surface area contributed by atoms with Crippen LogP contribution in [-0.2, 0) is 28.6 Å². The topological polar surface area (TPSA) is 78.9 Å². The van der Waals surface area contributed by atoms with Crippen molar-refractivity contribution in [3.63, 3.8) is 0 Å². The van der Waals surface area contributed by atoms with Crippen LogP contribution in [0.2, 0.25) is 0 Å². The van der Waals surface area contributed by atoms with Gasteiger partial charge in [0.25, 0.3) is 0 Å². The lowest BCUT2D eigenvalue weighted by Crippen LogP contribution is -2.30. The molecular formula is C76H138O6. The van der Waals surface area contributed by atoms with Crippen molar-refractivity contribution in [1.29, 1.82) is 0 Å². The first-order chi connectivity index (χ1) is 40.5. The van der Waals surface area contributed by atoms with Gasteiger partial charge in [-0.15, -0.1) is 0 Å². The van der Waals surface area contributed by atoms with E-state index in [1.807, 2.05) is 0 Å². The molecule has 0 aromatic rings. The Morgan fingerprint density at radius 1 is 0.256 bits per heavy atom. The highest BCUT2D eigenvalue weighted by Gasteiger charge is 2.19. The van der Waals surface area contributed by atoms with Crippen molar-refractivity contribution >= 4 is 17.9 Å². The standard InChI is InChI=1S/C76H138O6/c1-4-7-10-13-16-18-20-22-24-26-28-30-32-33-34-35-36-37-38-39-40-41-42-43-45-46-48-50-52-54-56-58-60-63-66-69-75(78)81-72-73(71-80-74(77)68-65-62-15-12-9-6-3)82-76(79)70-67-64-61-59-57-55-53-51-49-47-44-31-29-27-25-23-21-19-17-14-11-8-5-2/h8,11,17,19,23,25-26,28-29,31,73H,4-7,9-10,12-16,18,20-22,24,27,30,32-72H2,1-3H3/b11-8-,19-17-,25-23-,28-26-,31-29-. The molecule has 0 aromatic carbocycles. The lowest BCUT2D eigenvalue weighted by molar-refractivity contribution is -0.167. The maximum Gasteiger partial charge on any atom is 0.306 e. The van der Waals surface area contributed by atoms with Crippen molar-refractivity contribution in [3.8, 4) is 0 Å². The Balaban J connectivity index is 3.93. The molecule has 0 aromatic heterocycles. The molecule has 0 amide bonds. The van der Waals surface area contributed by atoms with Gasteiger partial charge < -0.3 is 14.2 Å². The maximum absolute atomic E-state index is 12.9. The second-order valence-electron chi connectivity index (χ2n) is 24.5. The molecule has 0 saturated heterocycles. The second kappa shape index (κ2) is 70.6. The predicted octanol–water partition coefficient (Wildman–Crippen LogP) is 25.1. The number of carbonyl (C=O) groups is 3. The molecule has 478 valence electrons. The normalized spacial score (nSPS) is 12.4. The van der Waals surface area contributed by atoms with Crippen molar-refractivity contribution in [1.82, 2.24) is 0 Å². The van der Waals surface area contributed by atoms with E-state index in [1.54, 1.807) is 0 Å². The van der Waals surface area contributed by atoms with Gasteiger partial charge in [0.1, 0.15) is 13.2 Å². The van der Waals surface area contributed by atoms with E-state index in [0.717, 1.165) is 83.5 Å². The lowest BCUT2D eigenvalue weighted by atomic mass is 10.0. The molecular weight excluding hydrogens is 1010 g/mol. The van der Waals surface area contributed by atoms with Crippen molar-refractivity contribution in [3.05, 3.63) is 60.8 Å². The van der Waals surface area contributed by atoms with E-state index in [2.05, 4.69) is 81.5 Å². The monoisotopic (exact) mass is 1150 g/mol. The molecule has 82 heavy (non-hydrogen) atoms. The first-order valence-corrected chi connectivity index (χ1v) is 36.3. The summed E-state index contributed by atoms with van der Waals surface area (Å²) in [5.41, 5.74) is 0. The van der Waals surface area contributed by atoms with E-state index in [-0.39, 0.29) is 31.1 Å². The van der Waals surface area contributed by atoms with Crippen LogP contribution < -0.4 is 0 Å². The zero-order valence-electron chi connectivity index (χ0n) is 55.0. The molecule has 0 heterocycles. The third-order valence-electron chi connectivity index (χ3n) is 16.3. The van der Waals surface area contributed by atoms with Gasteiger partial charge in [-0.1, -0.05) is 345 Å². The summed E-state index contributed by atoms with van der Waals surface area (Å²) in [6.07, 6.45) is 91.7. The zero-order valence-corrected chi connectivity index (χ0v) is 55.0. The number of allylic oxidation sites excluding steroid dienone is 10. The van der Waals surface area contributed by atoms with Gasteiger partial charge in [-0.25, -0.2) is 0 Å². The Labute approximate surface area is 510 Å². The summed E-state index contributed by atoms with van der Waals surface area (Å²) in [6.45, 7) is 6.52. The molecule has 0 fully saturated rings. The molecule has 0 bridgehead atoms. The number of hydrogen-bond acceptors (Lipinski definition) is 6. The van der Waals surface area contributed by atoms with Crippen LogP contribution in [0.25, 0.3) is 0 Å². The fourth-order valence-electron chi connectivity index (χ4n) is 10.8. The zero-order chi connectivity index (χ0) is 59.2. The largest absolute Gasteiger partial charge is 0.462 e. The van der Waals surface area contributed by atoms with Gasteiger partial charge in [-0.3, -0.25) is 14.4 Å². The number of esters is 3. The molecule has 0 radical (unpaired) electrons. The van der Waals surface area contributed by atoms with Gasteiger partial charge in [-0.2, -0.15) is 0 Å². The van der Waals surface area contributed by atoms with Crippen molar-refractivity contribution in [2.24, 2.45) is 0 Å². The smallest absolute Gasteiger partial charge is 0.306 e. The van der Waals surface area contributed by atoms with Crippen LogP contribution >= 0.6 is 0 Å². The highest BCUT2D eigenvalue weighted by Crippen LogP contribution is 2.18. The molecule has 0 aliphatic heterocycles. The van der Waals surface area contributed by atoms with Gasteiger partial charge in [0.2, 0.25) is 0 Å². The third kappa shape index (κ3) is 67.9. The maximum atomic E-state index is 12.9. The summed E-state index contributed by atoms with van der Waals surface area (Å²) in [5, 5.41) is 0. The Morgan fingerprint density at radius 2 is 0.476 bits per heavy atom. The highest BCUT2D eigenvalue weighted by molar-refractivity contribution is 5.71. The van der Waals surface area contributed by atoms with Crippen LogP contribution in [-0.4, -0.2) is 37.2 Å². The first-order valence-electron chi connectivity index (χ1n) is 36.3. The van der Waals surface area contributed by atoms with Crippen LogP contribution in [0.3, 0.4) is 0 Å². The molecule has 0 N–H and O–H groups in total. The number of carbonyl (C=O) groups excluding carboxylic acids is 3. The minimum absolute atomic E-state index is 0.0716. The Morgan fingerprint density at radius 3 is 0.756 bits per heavy atom. The molecule has 0 aliphatic rings. The lowest BCUT2D eigenvalue weighted by Gasteiger charge is -2.18. The molecule has 0 aliphatic carbocycles. The fourth-order valence-corrected chi connectivity index (χ4v) is 10.8. The second-order valence-corrected chi connectivity index (χ2v) is 24.5. The molecule has 6 nitrogen and oxygen atoms in total. The van der Waals surface area contributed by atoms with Crippen LogP contribution in [0.4, 0.5) is 0 Å². The summed E-state index contributed by atoms with van der Waals surface area (Å²) in [7, 11) is 0. The Bertz CT molecular complexity index is 1460. The van der Waals surface area contributed by atoms with E-state index < -0.39 is 6.10 Å². The summed E-state index contributed by atoms with van der Waals surface area (Å²) in [6, 6.07) is 0. The number of rotatable bonds is 67. The van der Waals surface area contributed by atoms with Crippen LogP contribution in [0, 0.1) is 0 Å². The van der Waals surface area contributed by atoms with Gasteiger partial charge in [0.05, 0.1) is 0 Å². The number of hydrogen-bond donors (Lipinski definition) is 0. The van der Waals surface area contributed by atoms with Crippen LogP contribution in [0.5, 0.6) is 0 Å². The average Bonchev–Trinajstić information content (AvgIpc) is 3.47. The highest BCUT2D eigenvalue weighted by atomic mass is 16.6. The minimum atomic E-state index is -0.773. The Kier molecular flexibility index (Phi) is 68.1. The van der Waals surface area contributed by atoms with Crippen molar-refractivity contribution in [2.75, 3.05) is 13.2 Å². The quantitative estimate of drug-likeness (QED) is 0.0261. The van der Waals surface area contributed by atoms with E-state index in [9.17, 15) is 14.4 Å². The molecule has 6 heteroatoms. The van der Waals surface area contributed by atoms with E-state index >= 15 is 0 Å². The summed E-state index contributed by atoms with van der Waals surface area (Å²) in [4.78, 5) is 38.1. The SMILES string of the molecule is CC/C=C\C/C=C\C/C=C\C/C=C\CCCCCCCCCCCCC(=O)OC(COC(=O)CCCCCCCC)COC(=O)CCCCCCCCCCCCCCCCCCCCCCCCC/C=C\CCCCCCCCCC. The summed E-state index contributed by atoms with van der Waals surface area (Å²) < 4.78 is 16.9. The van der Waals surface area contributed by atoms with Crippen LogP contribution in [0.15, 0.2) is 60.8 Å². The minimum Gasteiger partial charge on any atom is -0.462 e. The van der Waals surface area contributed by atoms with Gasteiger partial charge in [0, 0.05) is 19.3 Å². The Hall–Kier alpha value is -2.89. The van der Waals surface area contributed by atoms with Crippen molar-refractivity contribution in [2.45, 2.75) is 393 Å². The molecule has 0 rings (SSSR count). The molecule has 0 saturated carbocycles. The summed E-state index contributed by atoms with van der Waals surface area (Å²) in [5.74, 6) is -0.865. The molecule has 0 spiro atoms. The number of ether oxygens (including phenoxy) is 3. The van der Waals surface area contributed by atoms with Gasteiger partial charge >= 0.3 is 17.9 Å². The third-order valence-corrected chi connectivity index (χ3v) is 16.3. The average molecular weight is 1150 g/mol. The molecule has 1 unspecified atom stereocenters. The van der Waals surface area contributed by atoms with Gasteiger partial charge in [-0.05, 0) is 83.5 Å². The van der Waals surface area contributed by atoms with Crippen molar-refractivity contribution < 1.29 is 28.6 Å². The summed E-state index contributed by atoms with van der Waals surface area (Å²) >= 11 is 0. The number of unbranched alkanes of at least 4 members (excludes halogenated alkanes) is 46.